The molecule has 1 atom stereocenters. The molecule has 1 aromatic carbocycles. The van der Waals surface area contributed by atoms with Crippen LogP contribution >= 0.6 is 23.1 Å². The van der Waals surface area contributed by atoms with Gasteiger partial charge in [0, 0.05) is 7.05 Å². The van der Waals surface area contributed by atoms with Crippen LogP contribution in [0.4, 0.5) is 5.00 Å². The number of anilines is 1. The number of esters is 1. The van der Waals surface area contributed by atoms with Gasteiger partial charge in [0.15, 0.2) is 17.1 Å². The fourth-order valence-corrected chi connectivity index (χ4v) is 4.47. The highest BCUT2D eigenvalue weighted by Gasteiger charge is 2.19. The molecule has 0 radical (unpaired) electrons. The van der Waals surface area contributed by atoms with Crippen molar-refractivity contribution in [3.8, 4) is 5.75 Å². The van der Waals surface area contributed by atoms with Crippen molar-refractivity contribution in [2.45, 2.75) is 37.9 Å². The Labute approximate surface area is 195 Å². The first-order chi connectivity index (χ1) is 15.3. The predicted molar refractivity (Wildman–Crippen MR) is 126 cm³/mol. The Morgan fingerprint density at radius 2 is 1.88 bits per heavy atom. The van der Waals surface area contributed by atoms with E-state index >= 15 is 0 Å². The Morgan fingerprint density at radius 3 is 2.53 bits per heavy atom. The molecule has 0 saturated heterocycles. The summed E-state index contributed by atoms with van der Waals surface area (Å²) in [6, 6.07) is 9.64. The second kappa shape index (κ2) is 10.6. The summed E-state index contributed by atoms with van der Waals surface area (Å²) < 4.78 is 12.6. The van der Waals surface area contributed by atoms with Crippen LogP contribution in [0.5, 0.6) is 5.75 Å². The highest BCUT2D eigenvalue weighted by Crippen LogP contribution is 2.27. The van der Waals surface area contributed by atoms with Crippen LogP contribution in [0.25, 0.3) is 0 Å². The van der Waals surface area contributed by atoms with Gasteiger partial charge in [-0.25, -0.2) is 4.79 Å². The molecule has 170 valence electrons. The van der Waals surface area contributed by atoms with E-state index in [1.807, 2.05) is 30.7 Å². The molecule has 8 nitrogen and oxygen atoms in total. The van der Waals surface area contributed by atoms with Gasteiger partial charge in [0.2, 0.25) is 5.91 Å². The van der Waals surface area contributed by atoms with Crippen molar-refractivity contribution in [3.63, 3.8) is 0 Å². The van der Waals surface area contributed by atoms with E-state index < -0.39 is 5.97 Å². The van der Waals surface area contributed by atoms with Gasteiger partial charge in [-0.15, -0.1) is 21.5 Å². The molecular formula is C22H26N4O4S2. The maximum absolute atomic E-state index is 12.4. The molecule has 1 amide bonds. The van der Waals surface area contributed by atoms with Gasteiger partial charge in [0.05, 0.1) is 18.4 Å². The minimum Gasteiger partial charge on any atom is -0.483 e. The summed E-state index contributed by atoms with van der Waals surface area (Å²) in [5.41, 5.74) is 1.59. The van der Waals surface area contributed by atoms with Crippen LogP contribution in [0.3, 0.4) is 0 Å². The number of carbonyl (C=O) groups excluding carboxylic acids is 2. The lowest BCUT2D eigenvalue weighted by molar-refractivity contribution is -0.113. The third-order valence-corrected chi connectivity index (χ3v) is 6.60. The first kappa shape index (κ1) is 23.8. The van der Waals surface area contributed by atoms with Crippen molar-refractivity contribution in [1.29, 1.82) is 0 Å². The molecule has 0 aliphatic heterocycles. The van der Waals surface area contributed by atoms with Gasteiger partial charge in [-0.3, -0.25) is 4.79 Å². The number of thiophene rings is 1. The van der Waals surface area contributed by atoms with Gasteiger partial charge < -0.3 is 19.4 Å². The lowest BCUT2D eigenvalue weighted by Gasteiger charge is -2.15. The summed E-state index contributed by atoms with van der Waals surface area (Å²) >= 11 is 2.52. The van der Waals surface area contributed by atoms with Gasteiger partial charge >= 0.3 is 5.97 Å². The first-order valence-corrected chi connectivity index (χ1v) is 11.9. The molecule has 32 heavy (non-hydrogen) atoms. The van der Waals surface area contributed by atoms with Crippen molar-refractivity contribution in [3.05, 3.63) is 52.7 Å². The van der Waals surface area contributed by atoms with E-state index in [4.69, 9.17) is 9.47 Å². The normalized spacial score (nSPS) is 11.9. The number of amides is 1. The third-order valence-electron chi connectivity index (χ3n) is 4.75. The molecule has 2 heterocycles. The summed E-state index contributed by atoms with van der Waals surface area (Å²) in [6.45, 7) is 6.21. The zero-order valence-corrected chi connectivity index (χ0v) is 20.3. The number of hydrogen-bond acceptors (Lipinski definition) is 8. The van der Waals surface area contributed by atoms with Gasteiger partial charge in [0.1, 0.15) is 10.8 Å². The highest BCUT2D eigenvalue weighted by molar-refractivity contribution is 7.99. The number of nitrogens with one attached hydrogen (secondary N) is 1. The fourth-order valence-electron chi connectivity index (χ4n) is 2.96. The molecule has 3 aromatic rings. The molecule has 1 N–H and O–H groups in total. The summed E-state index contributed by atoms with van der Waals surface area (Å²) in [7, 11) is 3.14. The number of ether oxygens (including phenoxy) is 2. The van der Waals surface area contributed by atoms with E-state index in [9.17, 15) is 9.59 Å². The monoisotopic (exact) mass is 474 g/mol. The molecule has 0 aliphatic carbocycles. The predicted octanol–water partition coefficient (Wildman–Crippen LogP) is 4.66. The summed E-state index contributed by atoms with van der Waals surface area (Å²) in [5.74, 6) is 1.27. The Balaban J connectivity index is 1.58. The lowest BCUT2D eigenvalue weighted by Crippen LogP contribution is -2.16. The lowest BCUT2D eigenvalue weighted by atomic mass is 10.0. The molecule has 0 bridgehead atoms. The SMILES string of the molecule is COC(=O)c1ccsc1NC(=O)CSc1nnc(C(C)Oc2ccc(C(C)C)cc2)n1C. The summed E-state index contributed by atoms with van der Waals surface area (Å²) in [4.78, 5) is 24.1. The Bertz CT molecular complexity index is 1080. The Kier molecular flexibility index (Phi) is 7.92. The topological polar surface area (TPSA) is 95.3 Å². The molecule has 1 unspecified atom stereocenters. The molecule has 0 saturated carbocycles. The van der Waals surface area contributed by atoms with Crippen LogP contribution in [0.2, 0.25) is 0 Å². The average Bonchev–Trinajstić information content (AvgIpc) is 3.38. The minimum absolute atomic E-state index is 0.121. The van der Waals surface area contributed by atoms with E-state index in [1.54, 1.807) is 11.4 Å². The maximum Gasteiger partial charge on any atom is 0.340 e. The summed E-state index contributed by atoms with van der Waals surface area (Å²) in [5, 5.41) is 14.0. The Morgan fingerprint density at radius 1 is 1.16 bits per heavy atom. The molecular weight excluding hydrogens is 448 g/mol. The number of aromatic nitrogens is 3. The quantitative estimate of drug-likeness (QED) is 0.356. The number of carbonyl (C=O) groups is 2. The second-order valence-electron chi connectivity index (χ2n) is 7.38. The van der Waals surface area contributed by atoms with Crippen molar-refractivity contribution < 1.29 is 19.1 Å². The average molecular weight is 475 g/mol. The second-order valence-corrected chi connectivity index (χ2v) is 9.23. The number of nitrogens with zero attached hydrogens (tertiary/aromatic N) is 3. The van der Waals surface area contributed by atoms with E-state index in [1.165, 1.54) is 35.8 Å². The van der Waals surface area contributed by atoms with Crippen molar-refractivity contribution in [1.82, 2.24) is 14.8 Å². The zero-order chi connectivity index (χ0) is 23.3. The van der Waals surface area contributed by atoms with E-state index in [2.05, 4.69) is 41.5 Å². The van der Waals surface area contributed by atoms with Crippen LogP contribution in [-0.2, 0) is 16.6 Å². The van der Waals surface area contributed by atoms with Crippen LogP contribution < -0.4 is 10.1 Å². The van der Waals surface area contributed by atoms with Gasteiger partial charge in [0.25, 0.3) is 0 Å². The summed E-state index contributed by atoms with van der Waals surface area (Å²) in [6.07, 6.45) is -0.311. The standard InChI is InChI=1S/C22H26N4O4S2/c1-13(2)15-6-8-16(9-7-15)30-14(3)19-24-25-22(26(19)4)32-12-18(27)23-20-17(10-11-31-20)21(28)29-5/h6-11,13-14H,12H2,1-5H3,(H,23,27). The number of benzene rings is 1. The molecule has 3 rings (SSSR count). The largest absolute Gasteiger partial charge is 0.483 e. The molecule has 0 spiro atoms. The van der Waals surface area contributed by atoms with Crippen LogP contribution in [0, 0.1) is 0 Å². The van der Waals surface area contributed by atoms with Gasteiger partial charge in [-0.05, 0) is 42.0 Å². The minimum atomic E-state index is -0.486. The van der Waals surface area contributed by atoms with E-state index in [0.29, 0.717) is 27.5 Å². The zero-order valence-electron chi connectivity index (χ0n) is 18.6. The number of rotatable bonds is 9. The van der Waals surface area contributed by atoms with Crippen molar-refractivity contribution in [2.24, 2.45) is 7.05 Å². The van der Waals surface area contributed by atoms with E-state index in [0.717, 1.165) is 5.75 Å². The molecule has 2 aromatic heterocycles. The fraction of sp³-hybridized carbons (Fsp3) is 0.364. The van der Waals surface area contributed by atoms with Crippen LogP contribution in [0.1, 0.15) is 54.5 Å². The van der Waals surface area contributed by atoms with Crippen molar-refractivity contribution >= 4 is 40.0 Å². The molecule has 0 aliphatic rings. The van der Waals surface area contributed by atoms with Gasteiger partial charge in [-0.1, -0.05) is 37.7 Å². The van der Waals surface area contributed by atoms with E-state index in [-0.39, 0.29) is 17.8 Å². The first-order valence-electron chi connectivity index (χ1n) is 10.0. The molecule has 10 heteroatoms. The van der Waals surface area contributed by atoms with Crippen LogP contribution in [-0.4, -0.2) is 39.5 Å². The number of hydrogen-bond donors (Lipinski definition) is 1. The molecule has 0 fully saturated rings. The number of thioether (sulfide) groups is 1. The Hall–Kier alpha value is -2.85. The highest BCUT2D eigenvalue weighted by atomic mass is 32.2. The van der Waals surface area contributed by atoms with Gasteiger partial charge in [-0.2, -0.15) is 0 Å². The maximum atomic E-state index is 12.4. The third kappa shape index (κ3) is 5.68. The smallest absolute Gasteiger partial charge is 0.340 e. The van der Waals surface area contributed by atoms with Crippen molar-refractivity contribution in [2.75, 3.05) is 18.2 Å². The van der Waals surface area contributed by atoms with Crippen LogP contribution in [0.15, 0.2) is 40.9 Å². The number of methoxy groups -OCH3 is 1.